The Labute approximate surface area is 207 Å². The number of hydrogen-bond donors (Lipinski definition) is 1. The number of aliphatic hydroxyl groups excluding tert-OH is 1. The van der Waals surface area contributed by atoms with Gasteiger partial charge in [-0.25, -0.2) is 0 Å². The zero-order chi connectivity index (χ0) is 24.4. The highest BCUT2D eigenvalue weighted by molar-refractivity contribution is 8.00. The van der Waals surface area contributed by atoms with E-state index in [2.05, 4.69) is 72.8 Å². The Morgan fingerprint density at radius 2 is 1.29 bits per heavy atom. The molecule has 178 valence electrons. The van der Waals surface area contributed by atoms with Crippen LogP contribution in [0.5, 0.6) is 0 Å². The van der Waals surface area contributed by atoms with Crippen molar-refractivity contribution in [2.24, 2.45) is 0 Å². The maximum atomic E-state index is 11.9. The molecule has 3 nitrogen and oxygen atoms in total. The SMILES string of the molecule is CC(C)(C)OC(=O)C[C@@H](O)/C=C/CCSC(c1ccccc1)(c1ccccc1)c1ccccc1. The van der Waals surface area contributed by atoms with Gasteiger partial charge in [0, 0.05) is 0 Å². The topological polar surface area (TPSA) is 46.5 Å². The zero-order valence-electron chi connectivity index (χ0n) is 20.2. The number of ether oxygens (including phenoxy) is 1. The molecule has 3 aromatic carbocycles. The molecule has 0 bridgehead atoms. The van der Waals surface area contributed by atoms with Crippen LogP contribution in [-0.4, -0.2) is 28.5 Å². The van der Waals surface area contributed by atoms with E-state index in [1.54, 1.807) is 6.08 Å². The predicted molar refractivity (Wildman–Crippen MR) is 142 cm³/mol. The average molecular weight is 475 g/mol. The van der Waals surface area contributed by atoms with Crippen molar-refractivity contribution in [2.45, 2.75) is 50.1 Å². The number of rotatable bonds is 10. The lowest BCUT2D eigenvalue weighted by molar-refractivity contribution is -0.156. The fourth-order valence-corrected chi connectivity index (χ4v) is 5.39. The van der Waals surface area contributed by atoms with Crippen LogP contribution in [0.25, 0.3) is 0 Å². The molecule has 0 unspecified atom stereocenters. The van der Waals surface area contributed by atoms with Crippen LogP contribution in [0.1, 0.15) is 50.3 Å². The van der Waals surface area contributed by atoms with Gasteiger partial charge in [0.25, 0.3) is 0 Å². The lowest BCUT2D eigenvalue weighted by atomic mass is 9.84. The molecule has 0 amide bonds. The average Bonchev–Trinajstić information content (AvgIpc) is 2.82. The number of thioether (sulfide) groups is 1. The van der Waals surface area contributed by atoms with Gasteiger partial charge in [0.15, 0.2) is 0 Å². The van der Waals surface area contributed by atoms with E-state index in [9.17, 15) is 9.90 Å². The third-order valence-corrected chi connectivity index (χ3v) is 6.88. The molecular weight excluding hydrogens is 440 g/mol. The number of hydrogen-bond acceptors (Lipinski definition) is 4. The molecule has 3 aromatic rings. The van der Waals surface area contributed by atoms with E-state index in [4.69, 9.17) is 4.74 Å². The Kier molecular flexibility index (Phi) is 9.14. The molecule has 3 rings (SSSR count). The summed E-state index contributed by atoms with van der Waals surface area (Å²) in [5.74, 6) is 0.448. The molecule has 0 aliphatic heterocycles. The smallest absolute Gasteiger partial charge is 0.309 e. The van der Waals surface area contributed by atoms with Crippen LogP contribution in [0.2, 0.25) is 0 Å². The van der Waals surface area contributed by atoms with E-state index in [1.807, 2.05) is 56.8 Å². The van der Waals surface area contributed by atoms with Crippen LogP contribution in [0.15, 0.2) is 103 Å². The summed E-state index contributed by atoms with van der Waals surface area (Å²) in [7, 11) is 0. The van der Waals surface area contributed by atoms with Crippen LogP contribution < -0.4 is 0 Å². The van der Waals surface area contributed by atoms with Crippen molar-refractivity contribution in [1.82, 2.24) is 0 Å². The third-order valence-electron chi connectivity index (χ3n) is 5.30. The maximum absolute atomic E-state index is 11.9. The number of carbonyl (C=O) groups is 1. The van der Waals surface area contributed by atoms with Crippen LogP contribution >= 0.6 is 11.8 Å². The summed E-state index contributed by atoms with van der Waals surface area (Å²) in [4.78, 5) is 11.9. The number of esters is 1. The summed E-state index contributed by atoms with van der Waals surface area (Å²) in [6, 6.07) is 31.8. The van der Waals surface area contributed by atoms with Crippen LogP contribution in [0.3, 0.4) is 0 Å². The van der Waals surface area contributed by atoms with Crippen molar-refractivity contribution < 1.29 is 14.6 Å². The molecule has 0 heterocycles. The second kappa shape index (κ2) is 12.0. The summed E-state index contributed by atoms with van der Waals surface area (Å²) in [5.41, 5.74) is 3.14. The van der Waals surface area contributed by atoms with Gasteiger partial charge >= 0.3 is 5.97 Å². The molecule has 1 atom stereocenters. The molecule has 0 saturated heterocycles. The second-order valence-corrected chi connectivity index (χ2v) is 10.5. The number of allylic oxidation sites excluding steroid dienone is 1. The molecule has 0 aliphatic rings. The van der Waals surface area contributed by atoms with Crippen LogP contribution in [-0.2, 0) is 14.3 Å². The Morgan fingerprint density at radius 3 is 1.71 bits per heavy atom. The van der Waals surface area contributed by atoms with Crippen molar-refractivity contribution in [3.63, 3.8) is 0 Å². The molecular formula is C30H34O3S. The summed E-state index contributed by atoms with van der Waals surface area (Å²) in [6.45, 7) is 5.47. The van der Waals surface area contributed by atoms with Crippen LogP contribution in [0, 0.1) is 0 Å². The first-order valence-electron chi connectivity index (χ1n) is 11.7. The Bertz CT molecular complexity index is 944. The monoisotopic (exact) mass is 474 g/mol. The quantitative estimate of drug-likeness (QED) is 0.153. The minimum atomic E-state index is -0.845. The lowest BCUT2D eigenvalue weighted by Crippen LogP contribution is -2.26. The van der Waals surface area contributed by atoms with Crippen molar-refractivity contribution in [3.8, 4) is 0 Å². The maximum Gasteiger partial charge on any atom is 0.309 e. The van der Waals surface area contributed by atoms with E-state index in [1.165, 1.54) is 16.7 Å². The van der Waals surface area contributed by atoms with Gasteiger partial charge in [-0.05, 0) is 49.6 Å². The normalized spacial score (nSPS) is 13.1. The van der Waals surface area contributed by atoms with Gasteiger partial charge in [-0.15, -0.1) is 11.8 Å². The van der Waals surface area contributed by atoms with Crippen molar-refractivity contribution in [3.05, 3.63) is 120 Å². The summed E-state index contributed by atoms with van der Waals surface area (Å²) in [6.07, 6.45) is 3.53. The molecule has 0 fully saturated rings. The largest absolute Gasteiger partial charge is 0.460 e. The molecule has 34 heavy (non-hydrogen) atoms. The van der Waals surface area contributed by atoms with Crippen molar-refractivity contribution in [1.29, 1.82) is 0 Å². The highest BCUT2D eigenvalue weighted by Crippen LogP contribution is 2.48. The summed E-state index contributed by atoms with van der Waals surface area (Å²) < 4.78 is 4.94. The molecule has 0 saturated carbocycles. The van der Waals surface area contributed by atoms with E-state index in [0.29, 0.717) is 0 Å². The molecule has 4 heteroatoms. The van der Waals surface area contributed by atoms with Crippen LogP contribution in [0.4, 0.5) is 0 Å². The first-order chi connectivity index (χ1) is 16.3. The summed E-state index contributed by atoms with van der Waals surface area (Å²) >= 11 is 1.88. The number of aliphatic hydroxyl groups is 1. The first-order valence-corrected chi connectivity index (χ1v) is 12.7. The van der Waals surface area contributed by atoms with Gasteiger partial charge in [0.1, 0.15) is 5.60 Å². The lowest BCUT2D eigenvalue weighted by Gasteiger charge is -2.35. The molecule has 0 radical (unpaired) electrons. The molecule has 0 spiro atoms. The minimum Gasteiger partial charge on any atom is -0.460 e. The van der Waals surface area contributed by atoms with Gasteiger partial charge in [-0.2, -0.15) is 0 Å². The van der Waals surface area contributed by atoms with Gasteiger partial charge in [-0.3, -0.25) is 4.79 Å². The number of benzene rings is 3. The molecule has 0 aromatic heterocycles. The van der Waals surface area contributed by atoms with E-state index < -0.39 is 17.7 Å². The fourth-order valence-electron chi connectivity index (χ4n) is 3.92. The van der Waals surface area contributed by atoms with Gasteiger partial charge in [0.2, 0.25) is 0 Å². The zero-order valence-corrected chi connectivity index (χ0v) is 21.0. The highest BCUT2D eigenvalue weighted by Gasteiger charge is 2.36. The first kappa shape index (κ1) is 25.8. The summed E-state index contributed by atoms with van der Waals surface area (Å²) in [5, 5.41) is 10.2. The third kappa shape index (κ3) is 7.09. The number of carbonyl (C=O) groups excluding carboxylic acids is 1. The van der Waals surface area contributed by atoms with Gasteiger partial charge in [-0.1, -0.05) is 103 Å². The minimum absolute atomic E-state index is 0.0388. The standard InChI is InChI=1S/C30H34O3S/c1-29(2,3)33-28(32)23-27(31)21-13-14-22-34-30(24-15-7-4-8-16-24,25-17-9-5-10-18-25)26-19-11-6-12-20-26/h4-13,15-21,27,31H,14,22-23H2,1-3H3/b21-13+/t27-/m0/s1. The van der Waals surface area contributed by atoms with E-state index >= 15 is 0 Å². The van der Waals surface area contributed by atoms with Crippen molar-refractivity contribution in [2.75, 3.05) is 5.75 Å². The Balaban J connectivity index is 1.77. The molecule has 0 aliphatic carbocycles. The second-order valence-electron chi connectivity index (χ2n) is 9.20. The molecule has 1 N–H and O–H groups in total. The van der Waals surface area contributed by atoms with Gasteiger partial charge < -0.3 is 9.84 Å². The Morgan fingerprint density at radius 1 is 0.853 bits per heavy atom. The fraction of sp³-hybridized carbons (Fsp3) is 0.300. The van der Waals surface area contributed by atoms with E-state index in [0.717, 1.165) is 12.2 Å². The van der Waals surface area contributed by atoms with Crippen molar-refractivity contribution >= 4 is 17.7 Å². The Hall–Kier alpha value is -2.82. The predicted octanol–water partition coefficient (Wildman–Crippen LogP) is 6.75. The van der Waals surface area contributed by atoms with E-state index in [-0.39, 0.29) is 11.2 Å². The highest BCUT2D eigenvalue weighted by atomic mass is 32.2. The van der Waals surface area contributed by atoms with Gasteiger partial charge in [0.05, 0.1) is 17.3 Å².